The SMILES string of the molecule is CCCNC(Cc1ccc(CC)s1)C1CCC(CC)CC1. The smallest absolute Gasteiger partial charge is 0.0144 e. The van der Waals surface area contributed by atoms with Crippen LogP contribution in [0.3, 0.4) is 0 Å². The van der Waals surface area contributed by atoms with Gasteiger partial charge in [0, 0.05) is 15.8 Å². The Bertz CT molecular complexity index is 390. The Morgan fingerprint density at radius 2 is 1.81 bits per heavy atom. The zero-order chi connectivity index (χ0) is 15.1. The minimum atomic E-state index is 0.700. The van der Waals surface area contributed by atoms with Crippen molar-refractivity contribution < 1.29 is 0 Å². The third kappa shape index (κ3) is 5.10. The molecule has 1 unspecified atom stereocenters. The molecule has 0 saturated heterocycles. The van der Waals surface area contributed by atoms with Crippen LogP contribution in [0.1, 0.15) is 69.1 Å². The quantitative estimate of drug-likeness (QED) is 0.674. The van der Waals surface area contributed by atoms with Gasteiger partial charge < -0.3 is 5.32 Å². The van der Waals surface area contributed by atoms with Gasteiger partial charge in [-0.05, 0) is 62.6 Å². The monoisotopic (exact) mass is 307 g/mol. The molecule has 2 rings (SSSR count). The van der Waals surface area contributed by atoms with E-state index in [4.69, 9.17) is 0 Å². The van der Waals surface area contributed by atoms with Crippen LogP contribution in [0.15, 0.2) is 12.1 Å². The first kappa shape index (κ1) is 17.0. The molecule has 1 N–H and O–H groups in total. The summed E-state index contributed by atoms with van der Waals surface area (Å²) in [7, 11) is 0. The van der Waals surface area contributed by atoms with Crippen molar-refractivity contribution in [3.63, 3.8) is 0 Å². The maximum absolute atomic E-state index is 3.85. The van der Waals surface area contributed by atoms with Crippen molar-refractivity contribution in [3.8, 4) is 0 Å². The number of hydrogen-bond donors (Lipinski definition) is 1. The Morgan fingerprint density at radius 3 is 2.38 bits per heavy atom. The Kier molecular flexibility index (Phi) is 7.25. The fraction of sp³-hybridized carbons (Fsp3) is 0.789. The lowest BCUT2D eigenvalue weighted by Gasteiger charge is -2.34. The van der Waals surface area contributed by atoms with Crippen LogP contribution in [0.25, 0.3) is 0 Å². The van der Waals surface area contributed by atoms with Gasteiger partial charge in [-0.1, -0.05) is 40.0 Å². The molecule has 0 amide bonds. The summed E-state index contributed by atoms with van der Waals surface area (Å²) in [5, 5.41) is 3.85. The van der Waals surface area contributed by atoms with E-state index < -0.39 is 0 Å². The zero-order valence-electron chi connectivity index (χ0n) is 14.2. The number of hydrogen-bond acceptors (Lipinski definition) is 2. The van der Waals surface area contributed by atoms with E-state index in [1.165, 1.54) is 62.8 Å². The molecule has 0 bridgehead atoms. The summed E-state index contributed by atoms with van der Waals surface area (Å²) in [6.45, 7) is 8.06. The molecule has 0 radical (unpaired) electrons. The molecule has 1 heterocycles. The Labute approximate surface area is 135 Å². The van der Waals surface area contributed by atoms with E-state index in [1.807, 2.05) is 11.3 Å². The van der Waals surface area contributed by atoms with E-state index >= 15 is 0 Å². The van der Waals surface area contributed by atoms with Gasteiger partial charge in [0.1, 0.15) is 0 Å². The molecule has 1 aromatic heterocycles. The van der Waals surface area contributed by atoms with Crippen LogP contribution in [0.4, 0.5) is 0 Å². The third-order valence-corrected chi connectivity index (χ3v) is 6.43. The van der Waals surface area contributed by atoms with Crippen LogP contribution in [-0.2, 0) is 12.8 Å². The van der Waals surface area contributed by atoms with E-state index in [0.29, 0.717) is 6.04 Å². The van der Waals surface area contributed by atoms with Gasteiger partial charge >= 0.3 is 0 Å². The molecule has 0 spiro atoms. The van der Waals surface area contributed by atoms with Crippen molar-refractivity contribution in [1.29, 1.82) is 0 Å². The number of thiophene rings is 1. The molecule has 0 aliphatic heterocycles. The summed E-state index contributed by atoms with van der Waals surface area (Å²) >= 11 is 2.02. The standard InChI is InChI=1S/C19H33NS/c1-4-13-20-19(14-18-12-11-17(6-3)21-18)16-9-7-15(5-2)8-10-16/h11-12,15-16,19-20H,4-10,13-14H2,1-3H3. The minimum Gasteiger partial charge on any atom is -0.313 e. The van der Waals surface area contributed by atoms with E-state index in [0.717, 1.165) is 11.8 Å². The lowest BCUT2D eigenvalue weighted by Crippen LogP contribution is -2.40. The summed E-state index contributed by atoms with van der Waals surface area (Å²) in [5.41, 5.74) is 0. The van der Waals surface area contributed by atoms with Gasteiger partial charge in [0.05, 0.1) is 0 Å². The molecule has 1 aromatic rings. The molecular weight excluding hydrogens is 274 g/mol. The fourth-order valence-corrected chi connectivity index (χ4v) is 4.69. The Hall–Kier alpha value is -0.340. The highest BCUT2D eigenvalue weighted by atomic mass is 32.1. The number of aryl methyl sites for hydroxylation is 1. The van der Waals surface area contributed by atoms with Crippen LogP contribution in [0.5, 0.6) is 0 Å². The van der Waals surface area contributed by atoms with Crippen molar-refractivity contribution in [2.24, 2.45) is 11.8 Å². The second-order valence-electron chi connectivity index (χ2n) is 6.68. The first-order valence-corrected chi connectivity index (χ1v) is 9.89. The highest BCUT2D eigenvalue weighted by molar-refractivity contribution is 7.11. The highest BCUT2D eigenvalue weighted by Gasteiger charge is 2.27. The molecule has 2 heteroatoms. The number of nitrogens with one attached hydrogen (secondary N) is 1. The molecule has 1 nitrogen and oxygen atoms in total. The van der Waals surface area contributed by atoms with Crippen molar-refractivity contribution >= 4 is 11.3 Å². The minimum absolute atomic E-state index is 0.700. The number of rotatable bonds is 8. The summed E-state index contributed by atoms with van der Waals surface area (Å²) in [5.74, 6) is 1.90. The van der Waals surface area contributed by atoms with E-state index in [-0.39, 0.29) is 0 Å². The van der Waals surface area contributed by atoms with Crippen LogP contribution in [0, 0.1) is 11.8 Å². The third-order valence-electron chi connectivity index (χ3n) is 5.18. The summed E-state index contributed by atoms with van der Waals surface area (Å²) in [6, 6.07) is 5.39. The van der Waals surface area contributed by atoms with E-state index in [2.05, 4.69) is 38.2 Å². The molecule has 0 aromatic carbocycles. The first-order valence-electron chi connectivity index (χ1n) is 9.07. The normalized spacial score (nSPS) is 24.1. The van der Waals surface area contributed by atoms with Crippen LogP contribution in [-0.4, -0.2) is 12.6 Å². The largest absolute Gasteiger partial charge is 0.313 e. The summed E-state index contributed by atoms with van der Waals surface area (Å²) in [6.07, 6.45) is 10.8. The molecule has 1 aliphatic carbocycles. The molecule has 1 atom stereocenters. The summed E-state index contributed by atoms with van der Waals surface area (Å²) < 4.78 is 0. The lowest BCUT2D eigenvalue weighted by molar-refractivity contribution is 0.217. The molecule has 21 heavy (non-hydrogen) atoms. The van der Waals surface area contributed by atoms with Gasteiger partial charge in [0.15, 0.2) is 0 Å². The van der Waals surface area contributed by atoms with Gasteiger partial charge in [-0.25, -0.2) is 0 Å². The molecule has 1 fully saturated rings. The molecule has 120 valence electrons. The van der Waals surface area contributed by atoms with E-state index in [1.54, 1.807) is 4.88 Å². The summed E-state index contributed by atoms with van der Waals surface area (Å²) in [4.78, 5) is 3.12. The van der Waals surface area contributed by atoms with Crippen molar-refractivity contribution in [2.45, 2.75) is 78.2 Å². The Morgan fingerprint density at radius 1 is 1.10 bits per heavy atom. The van der Waals surface area contributed by atoms with Gasteiger partial charge in [-0.2, -0.15) is 0 Å². The predicted molar refractivity (Wildman–Crippen MR) is 95.2 cm³/mol. The van der Waals surface area contributed by atoms with Gasteiger partial charge in [-0.15, -0.1) is 11.3 Å². The van der Waals surface area contributed by atoms with Crippen LogP contribution >= 0.6 is 11.3 Å². The second kappa shape index (κ2) is 8.95. The van der Waals surface area contributed by atoms with Gasteiger partial charge in [0.25, 0.3) is 0 Å². The molecule has 1 saturated carbocycles. The van der Waals surface area contributed by atoms with Crippen molar-refractivity contribution in [3.05, 3.63) is 21.9 Å². The van der Waals surface area contributed by atoms with Gasteiger partial charge in [0.2, 0.25) is 0 Å². The van der Waals surface area contributed by atoms with E-state index in [9.17, 15) is 0 Å². The van der Waals surface area contributed by atoms with Crippen molar-refractivity contribution in [1.82, 2.24) is 5.32 Å². The average molecular weight is 308 g/mol. The molecular formula is C19H33NS. The molecule has 1 aliphatic rings. The zero-order valence-corrected chi connectivity index (χ0v) is 15.0. The topological polar surface area (TPSA) is 12.0 Å². The maximum Gasteiger partial charge on any atom is 0.0144 e. The van der Waals surface area contributed by atoms with Crippen molar-refractivity contribution in [2.75, 3.05) is 6.54 Å². The fourth-order valence-electron chi connectivity index (χ4n) is 3.67. The van der Waals surface area contributed by atoms with Crippen LogP contribution in [0.2, 0.25) is 0 Å². The highest BCUT2D eigenvalue weighted by Crippen LogP contribution is 2.34. The lowest BCUT2D eigenvalue weighted by atomic mass is 9.76. The average Bonchev–Trinajstić information content (AvgIpc) is 2.99. The van der Waals surface area contributed by atoms with Crippen LogP contribution < -0.4 is 5.32 Å². The maximum atomic E-state index is 3.85. The second-order valence-corrected chi connectivity index (χ2v) is 7.93. The Balaban J connectivity index is 1.93. The van der Waals surface area contributed by atoms with Gasteiger partial charge in [-0.3, -0.25) is 0 Å². The predicted octanol–water partition coefficient (Wildman–Crippen LogP) is 5.44. The first-order chi connectivity index (χ1) is 10.3.